The topological polar surface area (TPSA) is 51.2 Å². The highest BCUT2D eigenvalue weighted by Gasteiger charge is 2.34. The van der Waals surface area contributed by atoms with Crippen LogP contribution in [0.4, 0.5) is 8.78 Å². The van der Waals surface area contributed by atoms with E-state index in [0.717, 1.165) is 49.7 Å². The van der Waals surface area contributed by atoms with E-state index < -0.39 is 17.7 Å². The van der Waals surface area contributed by atoms with Crippen molar-refractivity contribution >= 4 is 11.8 Å². The Balaban J connectivity index is 1.00. The molecule has 0 bridgehead atoms. The average Bonchev–Trinajstić information content (AvgIpc) is 3.48. The van der Waals surface area contributed by atoms with Crippen LogP contribution in [0.1, 0.15) is 72.1 Å². The summed E-state index contributed by atoms with van der Waals surface area (Å²) in [6.45, 7) is 4.41. The van der Waals surface area contributed by atoms with Crippen molar-refractivity contribution in [2.24, 2.45) is 0 Å². The van der Waals surface area contributed by atoms with Crippen molar-refractivity contribution < 1.29 is 28.1 Å². The Kier molecular flexibility index (Phi) is 9.69. The SMILES string of the molecule is CSC1CC(O)CC(c2ccc(C)c(Cc3ccc(OC4CCN(C5CC[C@@H](c6cc(F)ccc6F)OC5)C4)cc3)c2)O1. The molecule has 0 aliphatic carbocycles. The molecule has 43 heavy (non-hydrogen) atoms. The zero-order chi connectivity index (χ0) is 29.9. The maximum Gasteiger partial charge on any atom is 0.129 e. The highest BCUT2D eigenvalue weighted by atomic mass is 32.2. The number of rotatable bonds is 8. The fraction of sp³-hybridized carbons (Fsp3) is 0.486. The van der Waals surface area contributed by atoms with Gasteiger partial charge in [-0.1, -0.05) is 30.3 Å². The van der Waals surface area contributed by atoms with Crippen molar-refractivity contribution in [1.29, 1.82) is 0 Å². The van der Waals surface area contributed by atoms with Gasteiger partial charge in [0.2, 0.25) is 0 Å². The molecule has 5 nitrogen and oxygen atoms in total. The Morgan fingerprint density at radius 1 is 0.977 bits per heavy atom. The maximum absolute atomic E-state index is 14.2. The maximum atomic E-state index is 14.2. The summed E-state index contributed by atoms with van der Waals surface area (Å²) in [5.41, 5.74) is 5.19. The predicted molar refractivity (Wildman–Crippen MR) is 165 cm³/mol. The molecule has 3 fully saturated rings. The molecule has 6 atom stereocenters. The van der Waals surface area contributed by atoms with E-state index in [9.17, 15) is 13.9 Å². The first kappa shape index (κ1) is 30.5. The molecule has 230 valence electrons. The van der Waals surface area contributed by atoms with Gasteiger partial charge in [0, 0.05) is 37.5 Å². The number of aliphatic hydroxyl groups excluding tert-OH is 1. The quantitative estimate of drug-likeness (QED) is 0.293. The fourth-order valence-corrected chi connectivity index (χ4v) is 7.28. The van der Waals surface area contributed by atoms with Gasteiger partial charge in [-0.25, -0.2) is 8.78 Å². The molecule has 3 aliphatic heterocycles. The third-order valence-corrected chi connectivity index (χ3v) is 9.97. The summed E-state index contributed by atoms with van der Waals surface area (Å²) in [6, 6.07) is 18.7. The van der Waals surface area contributed by atoms with Crippen molar-refractivity contribution in [3.05, 3.63) is 100 Å². The molecule has 8 heteroatoms. The molecule has 0 radical (unpaired) electrons. The average molecular weight is 610 g/mol. The van der Waals surface area contributed by atoms with E-state index in [2.05, 4.69) is 54.3 Å². The van der Waals surface area contributed by atoms with E-state index >= 15 is 0 Å². The smallest absolute Gasteiger partial charge is 0.129 e. The standard InChI is InChI=1S/C35H41F2NO4S/c1-22-3-6-24(34-18-28(39)19-35(42-34)43-2)16-25(22)15-23-4-9-29(10-5-23)41-30-13-14-38(20-30)27-8-12-33(40-21-27)31-17-26(36)7-11-32(31)37/h3-7,9-11,16-17,27-28,30,33-35,39H,8,12-15,18-21H2,1-2H3/t27?,28?,30?,33-,34?,35?/m0/s1. The fourth-order valence-electron chi connectivity index (χ4n) is 6.62. The zero-order valence-electron chi connectivity index (χ0n) is 24.9. The summed E-state index contributed by atoms with van der Waals surface area (Å²) in [4.78, 5) is 2.41. The first-order valence-electron chi connectivity index (χ1n) is 15.4. The molecule has 1 N–H and O–H groups in total. The van der Waals surface area contributed by atoms with Gasteiger partial charge in [0.1, 0.15) is 28.9 Å². The lowest BCUT2D eigenvalue weighted by Gasteiger charge is -2.35. The van der Waals surface area contributed by atoms with E-state index in [1.54, 1.807) is 11.8 Å². The lowest BCUT2D eigenvalue weighted by Crippen LogP contribution is -2.41. The van der Waals surface area contributed by atoms with Crippen LogP contribution in [0.2, 0.25) is 0 Å². The summed E-state index contributed by atoms with van der Waals surface area (Å²) in [5, 5.41) is 10.3. The normalized spacial score (nSPS) is 28.2. The van der Waals surface area contributed by atoms with Crippen LogP contribution >= 0.6 is 11.8 Å². The largest absolute Gasteiger partial charge is 0.489 e. The van der Waals surface area contributed by atoms with E-state index in [0.29, 0.717) is 31.4 Å². The van der Waals surface area contributed by atoms with Crippen LogP contribution in [-0.4, -0.2) is 59.6 Å². The van der Waals surface area contributed by atoms with Crippen molar-refractivity contribution in [1.82, 2.24) is 4.90 Å². The van der Waals surface area contributed by atoms with E-state index in [4.69, 9.17) is 14.2 Å². The number of aryl methyl sites for hydroxylation is 1. The third kappa shape index (κ3) is 7.43. The van der Waals surface area contributed by atoms with Crippen molar-refractivity contribution in [3.8, 4) is 5.75 Å². The van der Waals surface area contributed by atoms with Crippen LogP contribution < -0.4 is 4.74 Å². The molecule has 0 saturated carbocycles. The second kappa shape index (κ2) is 13.7. The summed E-state index contributed by atoms with van der Waals surface area (Å²) in [5.74, 6) is 0.0262. The molecule has 3 heterocycles. The molecule has 3 aliphatic rings. The summed E-state index contributed by atoms with van der Waals surface area (Å²) >= 11 is 1.65. The second-order valence-electron chi connectivity index (χ2n) is 12.2. The number of thioether (sulfide) groups is 1. The molecule has 3 aromatic rings. The Morgan fingerprint density at radius 3 is 2.58 bits per heavy atom. The van der Waals surface area contributed by atoms with Crippen LogP contribution in [0.3, 0.4) is 0 Å². The first-order chi connectivity index (χ1) is 20.8. The van der Waals surface area contributed by atoms with Crippen LogP contribution in [0.25, 0.3) is 0 Å². The van der Waals surface area contributed by atoms with Crippen LogP contribution in [0, 0.1) is 18.6 Å². The molecule has 0 spiro atoms. The Morgan fingerprint density at radius 2 is 1.81 bits per heavy atom. The molecule has 0 amide bonds. The van der Waals surface area contributed by atoms with E-state index in [-0.39, 0.29) is 29.8 Å². The van der Waals surface area contributed by atoms with Gasteiger partial charge in [-0.05, 0) is 91.4 Å². The van der Waals surface area contributed by atoms with Crippen molar-refractivity contribution in [2.45, 2.75) is 81.3 Å². The number of hydrogen-bond donors (Lipinski definition) is 1. The number of hydrogen-bond acceptors (Lipinski definition) is 6. The van der Waals surface area contributed by atoms with Gasteiger partial charge in [-0.2, -0.15) is 0 Å². The number of aliphatic hydroxyl groups is 1. The molecule has 6 rings (SSSR count). The van der Waals surface area contributed by atoms with Gasteiger partial charge >= 0.3 is 0 Å². The minimum Gasteiger partial charge on any atom is -0.489 e. The highest BCUT2D eigenvalue weighted by Crippen LogP contribution is 2.36. The van der Waals surface area contributed by atoms with Crippen LogP contribution in [-0.2, 0) is 15.9 Å². The summed E-state index contributed by atoms with van der Waals surface area (Å²) < 4.78 is 46.4. The zero-order valence-corrected chi connectivity index (χ0v) is 25.7. The second-order valence-corrected chi connectivity index (χ2v) is 13.2. The van der Waals surface area contributed by atoms with Crippen molar-refractivity contribution in [3.63, 3.8) is 0 Å². The lowest BCUT2D eigenvalue weighted by atomic mass is 9.93. The van der Waals surface area contributed by atoms with E-state index in [1.165, 1.54) is 28.8 Å². The predicted octanol–water partition coefficient (Wildman–Crippen LogP) is 7.14. The number of likely N-dealkylation sites (tertiary alicyclic amines) is 1. The summed E-state index contributed by atoms with van der Waals surface area (Å²) in [6.07, 6.45) is 5.96. The highest BCUT2D eigenvalue weighted by molar-refractivity contribution is 7.99. The van der Waals surface area contributed by atoms with Crippen LogP contribution in [0.5, 0.6) is 5.75 Å². The summed E-state index contributed by atoms with van der Waals surface area (Å²) in [7, 11) is 0. The number of nitrogens with zero attached hydrogens (tertiary/aromatic N) is 1. The molecular weight excluding hydrogens is 568 g/mol. The van der Waals surface area contributed by atoms with Gasteiger partial charge in [0.15, 0.2) is 0 Å². The Hall–Kier alpha value is -2.49. The molecule has 0 aromatic heterocycles. The monoisotopic (exact) mass is 609 g/mol. The Labute approximate surface area is 257 Å². The molecule has 3 aromatic carbocycles. The Bertz CT molecular complexity index is 1380. The van der Waals surface area contributed by atoms with Crippen molar-refractivity contribution in [2.75, 3.05) is 26.0 Å². The van der Waals surface area contributed by atoms with E-state index in [1.807, 2.05) is 6.26 Å². The minimum atomic E-state index is -0.435. The molecule has 3 saturated heterocycles. The van der Waals surface area contributed by atoms with Gasteiger partial charge in [-0.15, -0.1) is 11.8 Å². The lowest BCUT2D eigenvalue weighted by molar-refractivity contribution is -0.0605. The van der Waals surface area contributed by atoms with Crippen LogP contribution in [0.15, 0.2) is 60.7 Å². The number of benzene rings is 3. The number of ether oxygens (including phenoxy) is 3. The van der Waals surface area contributed by atoms with Gasteiger partial charge in [0.05, 0.1) is 24.9 Å². The first-order valence-corrected chi connectivity index (χ1v) is 16.7. The van der Waals surface area contributed by atoms with Gasteiger partial charge in [0.25, 0.3) is 0 Å². The minimum absolute atomic E-state index is 0.0269. The number of halogens is 2. The molecular formula is C35H41F2NO4S. The van der Waals surface area contributed by atoms with Gasteiger partial charge < -0.3 is 19.3 Å². The molecule has 5 unspecified atom stereocenters. The third-order valence-electron chi connectivity index (χ3n) is 9.14. The van der Waals surface area contributed by atoms with Gasteiger partial charge in [-0.3, -0.25) is 4.90 Å².